The fourth-order valence-electron chi connectivity index (χ4n) is 1.76. The van der Waals surface area contributed by atoms with Gasteiger partial charge in [-0.05, 0) is 24.1 Å². The zero-order valence-electron chi connectivity index (χ0n) is 7.91. The number of nitrogens with zero attached hydrogens (tertiary/aromatic N) is 1. The number of hydrogen-bond donors (Lipinski definition) is 0. The van der Waals surface area contributed by atoms with Gasteiger partial charge in [-0.3, -0.25) is 0 Å². The van der Waals surface area contributed by atoms with Gasteiger partial charge in [-0.1, -0.05) is 33.6 Å². The van der Waals surface area contributed by atoms with E-state index < -0.39 is 0 Å². The summed E-state index contributed by atoms with van der Waals surface area (Å²) < 4.78 is 6.47. The third-order valence-corrected chi connectivity index (χ3v) is 3.45. The van der Waals surface area contributed by atoms with Crippen LogP contribution in [0.25, 0.3) is 0 Å². The van der Waals surface area contributed by atoms with E-state index in [1.165, 1.54) is 0 Å². The summed E-state index contributed by atoms with van der Waals surface area (Å²) in [6, 6.07) is 7.83. The lowest BCUT2D eigenvalue weighted by molar-refractivity contribution is 0.100. The minimum atomic E-state index is -0.123. The molecule has 1 aliphatic rings. The van der Waals surface area contributed by atoms with Crippen LogP contribution in [0.5, 0.6) is 0 Å². The molecule has 4 heteroatoms. The van der Waals surface area contributed by atoms with E-state index in [1.54, 1.807) is 0 Å². The van der Waals surface area contributed by atoms with Gasteiger partial charge >= 0.3 is 0 Å². The van der Waals surface area contributed by atoms with Crippen LogP contribution in [0.4, 0.5) is 0 Å². The summed E-state index contributed by atoms with van der Waals surface area (Å²) >= 11 is 9.30. The highest BCUT2D eigenvalue weighted by atomic mass is 79.9. The molecule has 0 amide bonds. The quantitative estimate of drug-likeness (QED) is 0.788. The van der Waals surface area contributed by atoms with Crippen molar-refractivity contribution < 1.29 is 4.74 Å². The molecule has 1 aromatic carbocycles. The van der Waals surface area contributed by atoms with Crippen molar-refractivity contribution >= 4 is 27.5 Å². The van der Waals surface area contributed by atoms with Gasteiger partial charge in [-0.2, -0.15) is 5.26 Å². The molecular formula is C11H9BrClNO. The molecule has 2 unspecified atom stereocenters. The summed E-state index contributed by atoms with van der Waals surface area (Å²) in [6.07, 6.45) is 0.678. The molecule has 1 aromatic rings. The molecule has 1 heterocycles. The Kier molecular flexibility index (Phi) is 3.30. The molecule has 0 aliphatic carbocycles. The molecule has 0 spiro atoms. The predicted molar refractivity (Wildman–Crippen MR) is 61.6 cm³/mol. The van der Waals surface area contributed by atoms with Crippen molar-refractivity contribution in [3.8, 4) is 6.07 Å². The average Bonchev–Trinajstić information content (AvgIpc) is 2.65. The van der Waals surface area contributed by atoms with Crippen LogP contribution in [0, 0.1) is 17.2 Å². The monoisotopic (exact) mass is 285 g/mol. The summed E-state index contributed by atoms with van der Waals surface area (Å²) in [5, 5.41) is 9.65. The number of nitriles is 1. The van der Waals surface area contributed by atoms with Crippen molar-refractivity contribution in [2.24, 2.45) is 5.92 Å². The lowest BCUT2D eigenvalue weighted by atomic mass is 9.97. The molecule has 1 aliphatic heterocycles. The van der Waals surface area contributed by atoms with Gasteiger partial charge in [-0.25, -0.2) is 0 Å². The maximum atomic E-state index is 8.97. The molecule has 0 saturated carbocycles. The molecule has 78 valence electrons. The summed E-state index contributed by atoms with van der Waals surface area (Å²) in [5.74, 6) is -0.0533. The Hall–Kier alpha value is -0.560. The van der Waals surface area contributed by atoms with Crippen LogP contribution < -0.4 is 0 Å². The lowest BCUT2D eigenvalue weighted by Gasteiger charge is -2.15. The molecule has 1 saturated heterocycles. The van der Waals surface area contributed by atoms with Gasteiger partial charge < -0.3 is 4.74 Å². The zero-order valence-corrected chi connectivity index (χ0v) is 10.3. The van der Waals surface area contributed by atoms with Crippen molar-refractivity contribution in [3.63, 3.8) is 0 Å². The topological polar surface area (TPSA) is 33.0 Å². The Balaban J connectivity index is 2.33. The zero-order chi connectivity index (χ0) is 10.8. The van der Waals surface area contributed by atoms with Crippen LogP contribution in [0.15, 0.2) is 22.7 Å². The van der Waals surface area contributed by atoms with E-state index in [2.05, 4.69) is 22.0 Å². The van der Waals surface area contributed by atoms with E-state index in [0.717, 1.165) is 16.5 Å². The van der Waals surface area contributed by atoms with Crippen molar-refractivity contribution in [3.05, 3.63) is 33.3 Å². The van der Waals surface area contributed by atoms with E-state index in [4.69, 9.17) is 21.6 Å². The molecular weight excluding hydrogens is 277 g/mol. The summed E-state index contributed by atoms with van der Waals surface area (Å²) in [7, 11) is 0. The third kappa shape index (κ3) is 2.17. The van der Waals surface area contributed by atoms with E-state index in [9.17, 15) is 0 Å². The SMILES string of the molecule is N#CC1CCOC1c1ccc(Cl)cc1Br. The Morgan fingerprint density at radius 1 is 1.53 bits per heavy atom. The molecule has 15 heavy (non-hydrogen) atoms. The van der Waals surface area contributed by atoms with Crippen LogP contribution in [-0.4, -0.2) is 6.61 Å². The van der Waals surface area contributed by atoms with Gasteiger partial charge in [0.2, 0.25) is 0 Å². The van der Waals surface area contributed by atoms with Crippen LogP contribution in [-0.2, 0) is 4.74 Å². The van der Waals surface area contributed by atoms with Crippen LogP contribution in [0.1, 0.15) is 18.1 Å². The van der Waals surface area contributed by atoms with Crippen LogP contribution in [0.2, 0.25) is 5.02 Å². The molecule has 2 atom stereocenters. The van der Waals surface area contributed by atoms with Crippen LogP contribution >= 0.6 is 27.5 Å². The highest BCUT2D eigenvalue weighted by molar-refractivity contribution is 9.10. The van der Waals surface area contributed by atoms with Crippen LogP contribution in [0.3, 0.4) is 0 Å². The standard InChI is InChI=1S/C11H9BrClNO/c12-10-5-8(13)1-2-9(10)11-7(6-14)3-4-15-11/h1-2,5,7,11H,3-4H2. The molecule has 0 N–H and O–H groups in total. The first-order valence-electron chi connectivity index (χ1n) is 4.68. The second kappa shape index (κ2) is 4.52. The van der Waals surface area contributed by atoms with Crippen molar-refractivity contribution in [1.29, 1.82) is 5.26 Å². The number of benzene rings is 1. The third-order valence-electron chi connectivity index (χ3n) is 2.53. The normalized spacial score (nSPS) is 25.1. The fraction of sp³-hybridized carbons (Fsp3) is 0.364. The molecule has 0 aromatic heterocycles. The van der Waals surface area contributed by atoms with E-state index in [1.807, 2.05) is 18.2 Å². The van der Waals surface area contributed by atoms with Gasteiger partial charge in [0, 0.05) is 16.1 Å². The second-order valence-electron chi connectivity index (χ2n) is 3.48. The molecule has 0 bridgehead atoms. The van der Waals surface area contributed by atoms with E-state index in [-0.39, 0.29) is 12.0 Å². The van der Waals surface area contributed by atoms with E-state index >= 15 is 0 Å². The van der Waals surface area contributed by atoms with Gasteiger partial charge in [0.25, 0.3) is 0 Å². The number of rotatable bonds is 1. The minimum absolute atomic E-state index is 0.0533. The summed E-state index contributed by atoms with van der Waals surface area (Å²) in [5.41, 5.74) is 1.00. The first-order chi connectivity index (χ1) is 7.22. The van der Waals surface area contributed by atoms with Gasteiger partial charge in [0.15, 0.2) is 0 Å². The lowest BCUT2D eigenvalue weighted by Crippen LogP contribution is -2.05. The fourth-order valence-corrected chi connectivity index (χ4v) is 2.67. The Morgan fingerprint density at radius 3 is 3.00 bits per heavy atom. The number of ether oxygens (including phenoxy) is 1. The maximum absolute atomic E-state index is 8.97. The summed E-state index contributed by atoms with van der Waals surface area (Å²) in [6.45, 7) is 0.651. The van der Waals surface area contributed by atoms with E-state index in [0.29, 0.717) is 11.6 Å². The highest BCUT2D eigenvalue weighted by Crippen LogP contribution is 2.38. The smallest absolute Gasteiger partial charge is 0.0994 e. The largest absolute Gasteiger partial charge is 0.372 e. The first-order valence-corrected chi connectivity index (χ1v) is 5.85. The number of halogens is 2. The first kappa shape index (κ1) is 10.9. The number of hydrogen-bond acceptors (Lipinski definition) is 2. The van der Waals surface area contributed by atoms with Crippen molar-refractivity contribution in [2.75, 3.05) is 6.61 Å². The average molecular weight is 287 g/mol. The second-order valence-corrected chi connectivity index (χ2v) is 4.77. The predicted octanol–water partition coefficient (Wildman–Crippen LogP) is 3.70. The van der Waals surface area contributed by atoms with Gasteiger partial charge in [0.1, 0.15) is 0 Å². The Morgan fingerprint density at radius 2 is 2.33 bits per heavy atom. The molecule has 1 fully saturated rings. The highest BCUT2D eigenvalue weighted by Gasteiger charge is 2.30. The maximum Gasteiger partial charge on any atom is 0.0994 e. The molecule has 0 radical (unpaired) electrons. The van der Waals surface area contributed by atoms with Gasteiger partial charge in [0.05, 0.1) is 18.1 Å². The summed E-state index contributed by atoms with van der Waals surface area (Å²) in [4.78, 5) is 0. The molecule has 2 nitrogen and oxygen atoms in total. The minimum Gasteiger partial charge on any atom is -0.372 e. The van der Waals surface area contributed by atoms with Gasteiger partial charge in [-0.15, -0.1) is 0 Å². The Labute approximate surface area is 102 Å². The molecule has 2 rings (SSSR count). The van der Waals surface area contributed by atoms with Crippen molar-refractivity contribution in [1.82, 2.24) is 0 Å². The Bertz CT molecular complexity index is 416. The van der Waals surface area contributed by atoms with Crippen molar-refractivity contribution in [2.45, 2.75) is 12.5 Å².